The van der Waals surface area contributed by atoms with E-state index in [4.69, 9.17) is 14.5 Å². The second kappa shape index (κ2) is 10.4. The van der Waals surface area contributed by atoms with E-state index in [0.29, 0.717) is 36.0 Å². The van der Waals surface area contributed by atoms with Crippen LogP contribution in [0, 0.1) is 5.92 Å². The fourth-order valence-corrected chi connectivity index (χ4v) is 5.41. The molecule has 4 heteroatoms. The van der Waals surface area contributed by atoms with Crippen LogP contribution in [0.25, 0.3) is 0 Å². The number of hydrogen-bond acceptors (Lipinski definition) is 4. The zero-order chi connectivity index (χ0) is 25.0. The molecule has 37 heavy (non-hydrogen) atoms. The number of hydrogen-bond donors (Lipinski definition) is 1. The number of fused-ring (bicyclic) bond motifs is 3. The molecule has 2 aliphatic rings. The van der Waals surface area contributed by atoms with Crippen molar-refractivity contribution in [2.75, 3.05) is 12.4 Å². The van der Waals surface area contributed by atoms with Gasteiger partial charge in [-0.1, -0.05) is 72.8 Å². The van der Waals surface area contributed by atoms with Gasteiger partial charge in [-0.25, -0.2) is 0 Å². The summed E-state index contributed by atoms with van der Waals surface area (Å²) in [6, 6.07) is 33.6. The largest absolute Gasteiger partial charge is 0.493 e. The Morgan fingerprint density at radius 3 is 2.54 bits per heavy atom. The van der Waals surface area contributed by atoms with E-state index in [1.807, 2.05) is 54.7 Å². The van der Waals surface area contributed by atoms with Gasteiger partial charge in [-0.3, -0.25) is 4.99 Å². The molecule has 3 atom stereocenters. The maximum absolute atomic E-state index is 5.97. The van der Waals surface area contributed by atoms with Gasteiger partial charge in [-0.05, 0) is 71.0 Å². The molecule has 1 aliphatic heterocycles. The summed E-state index contributed by atoms with van der Waals surface area (Å²) in [5, 5.41) is 3.80. The van der Waals surface area contributed by atoms with Crippen molar-refractivity contribution in [2.45, 2.75) is 25.0 Å². The summed E-state index contributed by atoms with van der Waals surface area (Å²) in [7, 11) is 1.66. The van der Waals surface area contributed by atoms with Gasteiger partial charge in [0.1, 0.15) is 6.61 Å². The molecular weight excluding hydrogens is 456 g/mol. The lowest BCUT2D eigenvalue weighted by Gasteiger charge is -2.37. The maximum atomic E-state index is 5.97. The average molecular weight is 487 g/mol. The molecule has 1 N–H and O–H groups in total. The van der Waals surface area contributed by atoms with E-state index in [0.717, 1.165) is 23.2 Å². The van der Waals surface area contributed by atoms with E-state index >= 15 is 0 Å². The third-order valence-corrected chi connectivity index (χ3v) is 7.31. The molecular formula is C33H30N2O2. The predicted octanol–water partition coefficient (Wildman–Crippen LogP) is 7.85. The maximum Gasteiger partial charge on any atom is 0.161 e. The topological polar surface area (TPSA) is 42.8 Å². The summed E-state index contributed by atoms with van der Waals surface area (Å²) in [5.74, 6) is 2.43. The Morgan fingerprint density at radius 2 is 1.70 bits per heavy atom. The Morgan fingerprint density at radius 1 is 0.892 bits per heavy atom. The fraction of sp³-hybridized carbons (Fsp3) is 0.182. The molecule has 184 valence electrons. The van der Waals surface area contributed by atoms with Crippen molar-refractivity contribution in [3.8, 4) is 11.5 Å². The molecule has 0 saturated carbocycles. The molecule has 1 aliphatic carbocycles. The molecule has 1 heterocycles. The monoisotopic (exact) mass is 486 g/mol. The molecule has 4 nitrogen and oxygen atoms in total. The average Bonchev–Trinajstić information content (AvgIpc) is 3.46. The minimum Gasteiger partial charge on any atom is -0.493 e. The number of benzene rings is 4. The van der Waals surface area contributed by atoms with Crippen LogP contribution in [0.15, 0.2) is 114 Å². The standard InChI is InChI=1S/C33H30N2O2/c1-36-32-20-24(14-19-31(32)37-22-23-8-3-2-4-9-23)21-34-26-17-15-25(16-18-26)33-29-12-7-11-27(29)28-10-5-6-13-30(28)35-33/h2-11,13-21,27,29,33,35H,12,22H2,1H3/t27-,29-,33-/m0/s1. The Labute approximate surface area is 218 Å². The van der Waals surface area contributed by atoms with Gasteiger partial charge in [-0.15, -0.1) is 0 Å². The zero-order valence-corrected chi connectivity index (χ0v) is 20.9. The van der Waals surface area contributed by atoms with E-state index in [1.54, 1.807) is 7.11 Å². The summed E-state index contributed by atoms with van der Waals surface area (Å²) in [6.45, 7) is 0.496. The van der Waals surface area contributed by atoms with Crippen molar-refractivity contribution in [3.63, 3.8) is 0 Å². The molecule has 0 spiro atoms. The number of allylic oxidation sites excluding steroid dienone is 2. The van der Waals surface area contributed by atoms with E-state index < -0.39 is 0 Å². The minimum absolute atomic E-state index is 0.292. The first-order chi connectivity index (χ1) is 18.3. The van der Waals surface area contributed by atoms with E-state index in [1.165, 1.54) is 16.8 Å². The van der Waals surface area contributed by atoms with Crippen molar-refractivity contribution in [3.05, 3.63) is 131 Å². The summed E-state index contributed by atoms with van der Waals surface area (Å²) in [5.41, 5.74) is 6.95. The minimum atomic E-state index is 0.292. The van der Waals surface area contributed by atoms with Crippen LogP contribution in [-0.4, -0.2) is 13.3 Å². The lowest BCUT2D eigenvalue weighted by molar-refractivity contribution is 0.284. The normalized spacial score (nSPS) is 19.8. The number of methoxy groups -OCH3 is 1. The third-order valence-electron chi connectivity index (χ3n) is 7.31. The SMILES string of the molecule is COc1cc(C=Nc2ccc([C@@H]3Nc4ccccc4[C@@H]4C=CC[C@@H]43)cc2)ccc1OCc1ccccc1. The molecule has 0 bridgehead atoms. The Kier molecular flexibility index (Phi) is 6.47. The van der Waals surface area contributed by atoms with Crippen molar-refractivity contribution < 1.29 is 9.47 Å². The molecule has 0 amide bonds. The van der Waals surface area contributed by atoms with Gasteiger partial charge in [0, 0.05) is 17.8 Å². The number of para-hydroxylation sites is 1. The van der Waals surface area contributed by atoms with Gasteiger partial charge in [0.2, 0.25) is 0 Å². The van der Waals surface area contributed by atoms with Crippen LogP contribution in [0.4, 0.5) is 11.4 Å². The van der Waals surface area contributed by atoms with Crippen LogP contribution in [0.3, 0.4) is 0 Å². The summed E-state index contributed by atoms with van der Waals surface area (Å²) in [4.78, 5) is 4.71. The number of ether oxygens (including phenoxy) is 2. The van der Waals surface area contributed by atoms with Crippen LogP contribution in [0.5, 0.6) is 11.5 Å². The first-order valence-electron chi connectivity index (χ1n) is 12.8. The Bertz CT molecular complexity index is 1430. The smallest absolute Gasteiger partial charge is 0.161 e. The molecule has 0 radical (unpaired) electrons. The molecule has 4 aromatic carbocycles. The summed E-state index contributed by atoms with van der Waals surface area (Å²) in [6.07, 6.45) is 7.67. The van der Waals surface area contributed by atoms with Crippen molar-refractivity contribution in [1.29, 1.82) is 0 Å². The Hall–Kier alpha value is -4.31. The highest BCUT2D eigenvalue weighted by molar-refractivity contribution is 5.83. The second-order valence-electron chi connectivity index (χ2n) is 9.60. The first kappa shape index (κ1) is 23.1. The predicted molar refractivity (Wildman–Crippen MR) is 150 cm³/mol. The lowest BCUT2D eigenvalue weighted by atomic mass is 9.77. The third kappa shape index (κ3) is 4.88. The van der Waals surface area contributed by atoms with Crippen molar-refractivity contribution in [1.82, 2.24) is 0 Å². The number of nitrogens with zero attached hydrogens (tertiary/aromatic N) is 1. The summed E-state index contributed by atoms with van der Waals surface area (Å²) < 4.78 is 11.5. The van der Waals surface area contributed by atoms with Gasteiger partial charge in [0.05, 0.1) is 18.8 Å². The van der Waals surface area contributed by atoms with Gasteiger partial charge < -0.3 is 14.8 Å². The van der Waals surface area contributed by atoms with Crippen LogP contribution < -0.4 is 14.8 Å². The number of nitrogens with one attached hydrogen (secondary N) is 1. The molecule has 0 saturated heterocycles. The number of rotatable bonds is 7. The van der Waals surface area contributed by atoms with Gasteiger partial charge in [0.25, 0.3) is 0 Å². The first-order valence-corrected chi connectivity index (χ1v) is 12.8. The highest BCUT2D eigenvalue weighted by Crippen LogP contribution is 2.49. The molecule has 0 aromatic heterocycles. The zero-order valence-electron chi connectivity index (χ0n) is 20.9. The summed E-state index contributed by atoms with van der Waals surface area (Å²) >= 11 is 0. The molecule has 4 aromatic rings. The fourth-order valence-electron chi connectivity index (χ4n) is 5.41. The second-order valence-corrected chi connectivity index (χ2v) is 9.60. The van der Waals surface area contributed by atoms with E-state index in [-0.39, 0.29) is 0 Å². The highest BCUT2D eigenvalue weighted by Gasteiger charge is 2.37. The lowest BCUT2D eigenvalue weighted by Crippen LogP contribution is -2.28. The van der Waals surface area contributed by atoms with Crippen LogP contribution in [0.1, 0.15) is 40.6 Å². The highest BCUT2D eigenvalue weighted by atomic mass is 16.5. The quantitative estimate of drug-likeness (QED) is 0.214. The van der Waals surface area contributed by atoms with E-state index in [2.05, 4.69) is 66.0 Å². The number of anilines is 1. The molecule has 0 unspecified atom stereocenters. The van der Waals surface area contributed by atoms with Crippen molar-refractivity contribution >= 4 is 17.6 Å². The van der Waals surface area contributed by atoms with Crippen molar-refractivity contribution in [2.24, 2.45) is 10.9 Å². The Balaban J connectivity index is 1.15. The van der Waals surface area contributed by atoms with Gasteiger partial charge in [-0.2, -0.15) is 0 Å². The van der Waals surface area contributed by atoms with Gasteiger partial charge >= 0.3 is 0 Å². The van der Waals surface area contributed by atoms with Crippen LogP contribution >= 0.6 is 0 Å². The van der Waals surface area contributed by atoms with Crippen LogP contribution in [-0.2, 0) is 6.61 Å². The van der Waals surface area contributed by atoms with Gasteiger partial charge in [0.15, 0.2) is 11.5 Å². The van der Waals surface area contributed by atoms with Crippen LogP contribution in [0.2, 0.25) is 0 Å². The molecule has 6 rings (SSSR count). The number of aliphatic imine (C=N–C) groups is 1. The van der Waals surface area contributed by atoms with E-state index in [9.17, 15) is 0 Å². The molecule has 0 fully saturated rings.